The Morgan fingerprint density at radius 3 is 2.46 bits per heavy atom. The molecule has 2 N–H and O–H groups in total. The lowest BCUT2D eigenvalue weighted by molar-refractivity contribution is -0.131. The lowest BCUT2D eigenvalue weighted by Crippen LogP contribution is -2.19. The lowest BCUT2D eigenvalue weighted by atomic mass is 10.5. The molecule has 7 heteroatoms. The minimum absolute atomic E-state index is 0.567. The Kier molecular flexibility index (Phi) is 2.74. The number of hydrogen-bond donors (Lipinski definition) is 2. The number of carbonyl (C=O) groups excluding carboxylic acids is 1. The fraction of sp³-hybridized carbons (Fsp3) is 0. The Balaban J connectivity index is 2.47. The summed E-state index contributed by atoms with van der Waals surface area (Å²) < 4.78 is 1.20. The highest BCUT2D eigenvalue weighted by atomic mass is 16.4. The maximum absolute atomic E-state index is 10.9. The molecular formula is C6H6N4O3. The first kappa shape index (κ1) is 8.91. The van der Waals surface area contributed by atoms with Crippen LogP contribution in [0.4, 0.5) is 0 Å². The summed E-state index contributed by atoms with van der Waals surface area (Å²) in [6.07, 6.45) is 4.17. The van der Waals surface area contributed by atoms with Gasteiger partial charge in [0.1, 0.15) is 12.7 Å². The van der Waals surface area contributed by atoms with E-state index >= 15 is 0 Å². The van der Waals surface area contributed by atoms with Crippen molar-refractivity contribution in [2.24, 2.45) is 0 Å². The molecule has 0 spiro atoms. The van der Waals surface area contributed by atoms with E-state index in [4.69, 9.17) is 5.11 Å². The zero-order valence-electron chi connectivity index (χ0n) is 6.41. The summed E-state index contributed by atoms with van der Waals surface area (Å²) in [4.78, 5) is 20.9. The van der Waals surface area contributed by atoms with Gasteiger partial charge in [-0.1, -0.05) is 0 Å². The molecule has 0 aliphatic carbocycles. The SMILES string of the molecule is O=C(O)C=CC(=O)Nn1cnnc1. The van der Waals surface area contributed by atoms with Crippen LogP contribution < -0.4 is 5.43 Å². The average Bonchev–Trinajstić information content (AvgIpc) is 2.53. The second-order valence-electron chi connectivity index (χ2n) is 2.02. The summed E-state index contributed by atoms with van der Waals surface area (Å²) in [5, 5.41) is 15.0. The highest BCUT2D eigenvalue weighted by molar-refractivity contribution is 5.98. The first-order valence-corrected chi connectivity index (χ1v) is 3.25. The molecule has 0 aliphatic rings. The molecule has 1 aromatic heterocycles. The minimum atomic E-state index is -1.18. The molecular weight excluding hydrogens is 176 g/mol. The monoisotopic (exact) mass is 182 g/mol. The fourth-order valence-electron chi connectivity index (χ4n) is 0.570. The van der Waals surface area contributed by atoms with Gasteiger partial charge in [0.25, 0.3) is 5.91 Å². The number of nitrogens with zero attached hydrogens (tertiary/aromatic N) is 3. The average molecular weight is 182 g/mol. The summed E-state index contributed by atoms with van der Waals surface area (Å²) in [6.45, 7) is 0. The van der Waals surface area contributed by atoms with Gasteiger partial charge < -0.3 is 5.11 Å². The van der Waals surface area contributed by atoms with Crippen LogP contribution in [-0.4, -0.2) is 31.9 Å². The van der Waals surface area contributed by atoms with Gasteiger partial charge in [-0.3, -0.25) is 10.2 Å². The largest absolute Gasteiger partial charge is 0.478 e. The van der Waals surface area contributed by atoms with E-state index in [1.807, 2.05) is 0 Å². The summed E-state index contributed by atoms with van der Waals surface area (Å²) >= 11 is 0. The summed E-state index contributed by atoms with van der Waals surface area (Å²) in [7, 11) is 0. The van der Waals surface area contributed by atoms with Crippen LogP contribution in [0.3, 0.4) is 0 Å². The molecule has 1 aromatic rings. The van der Waals surface area contributed by atoms with Crippen LogP contribution in [0.2, 0.25) is 0 Å². The summed E-state index contributed by atoms with van der Waals surface area (Å²) in [5.41, 5.74) is 2.28. The number of hydrogen-bond acceptors (Lipinski definition) is 4. The molecule has 1 rings (SSSR count). The minimum Gasteiger partial charge on any atom is -0.478 e. The van der Waals surface area contributed by atoms with E-state index < -0.39 is 11.9 Å². The van der Waals surface area contributed by atoms with Crippen molar-refractivity contribution < 1.29 is 14.7 Å². The van der Waals surface area contributed by atoms with Crippen LogP contribution in [0.5, 0.6) is 0 Å². The second kappa shape index (κ2) is 4.00. The molecule has 1 amide bonds. The quantitative estimate of drug-likeness (QED) is 0.583. The van der Waals surface area contributed by atoms with Crippen molar-refractivity contribution in [2.45, 2.75) is 0 Å². The molecule has 68 valence electrons. The van der Waals surface area contributed by atoms with E-state index in [0.717, 1.165) is 12.2 Å². The van der Waals surface area contributed by atoms with Gasteiger partial charge in [0.15, 0.2) is 0 Å². The maximum atomic E-state index is 10.9. The Bertz CT molecular complexity index is 330. The van der Waals surface area contributed by atoms with Crippen LogP contribution in [0, 0.1) is 0 Å². The third-order valence-electron chi connectivity index (χ3n) is 1.04. The molecule has 0 radical (unpaired) electrons. The zero-order chi connectivity index (χ0) is 9.68. The number of carboxylic acids is 1. The maximum Gasteiger partial charge on any atom is 0.328 e. The van der Waals surface area contributed by atoms with E-state index in [-0.39, 0.29) is 0 Å². The van der Waals surface area contributed by atoms with Crippen molar-refractivity contribution in [1.82, 2.24) is 14.9 Å². The van der Waals surface area contributed by atoms with Gasteiger partial charge in [0.2, 0.25) is 0 Å². The van der Waals surface area contributed by atoms with Crippen LogP contribution in [0.25, 0.3) is 0 Å². The molecule has 0 atom stereocenters. The molecule has 0 aliphatic heterocycles. The van der Waals surface area contributed by atoms with Gasteiger partial charge in [0, 0.05) is 12.2 Å². The first-order valence-electron chi connectivity index (χ1n) is 3.25. The number of aliphatic carboxylic acids is 1. The van der Waals surface area contributed by atoms with Crippen LogP contribution in [-0.2, 0) is 9.59 Å². The van der Waals surface area contributed by atoms with Crippen LogP contribution in [0.1, 0.15) is 0 Å². The third-order valence-corrected chi connectivity index (χ3v) is 1.04. The molecule has 0 bridgehead atoms. The zero-order valence-corrected chi connectivity index (χ0v) is 6.41. The second-order valence-corrected chi connectivity index (χ2v) is 2.02. The molecule has 7 nitrogen and oxygen atoms in total. The van der Waals surface area contributed by atoms with Crippen molar-refractivity contribution >= 4 is 11.9 Å². The van der Waals surface area contributed by atoms with E-state index in [2.05, 4.69) is 15.6 Å². The molecule has 13 heavy (non-hydrogen) atoms. The van der Waals surface area contributed by atoms with E-state index in [0.29, 0.717) is 0 Å². The lowest BCUT2D eigenvalue weighted by Gasteiger charge is -1.98. The molecule has 0 aromatic carbocycles. The highest BCUT2D eigenvalue weighted by Gasteiger charge is 1.96. The van der Waals surface area contributed by atoms with Gasteiger partial charge in [-0.25, -0.2) is 9.47 Å². The smallest absolute Gasteiger partial charge is 0.328 e. The first-order chi connectivity index (χ1) is 6.18. The Morgan fingerprint density at radius 1 is 1.31 bits per heavy atom. The Morgan fingerprint density at radius 2 is 1.92 bits per heavy atom. The normalized spacial score (nSPS) is 10.2. The number of nitrogens with one attached hydrogen (secondary N) is 1. The topological polar surface area (TPSA) is 97.1 Å². The number of carbonyl (C=O) groups is 2. The number of carboxylic acid groups (broad SMARTS) is 1. The third kappa shape index (κ3) is 3.14. The van der Waals surface area contributed by atoms with Crippen molar-refractivity contribution in [3.63, 3.8) is 0 Å². The van der Waals surface area contributed by atoms with Crippen molar-refractivity contribution in [3.8, 4) is 0 Å². The van der Waals surface area contributed by atoms with Gasteiger partial charge in [-0.15, -0.1) is 10.2 Å². The van der Waals surface area contributed by atoms with Gasteiger partial charge in [-0.05, 0) is 0 Å². The Hall–Kier alpha value is -2.18. The summed E-state index contributed by atoms with van der Waals surface area (Å²) in [6, 6.07) is 0. The van der Waals surface area contributed by atoms with Crippen molar-refractivity contribution in [2.75, 3.05) is 5.43 Å². The van der Waals surface area contributed by atoms with Crippen LogP contribution in [0.15, 0.2) is 24.8 Å². The fourth-order valence-corrected chi connectivity index (χ4v) is 0.570. The standard InChI is InChI=1S/C6H6N4O3/c11-5(1-2-6(12)13)9-10-3-7-8-4-10/h1-4H,(H,9,11)(H,12,13). The molecule has 0 saturated carbocycles. The van der Waals surface area contributed by atoms with Gasteiger partial charge in [-0.2, -0.15) is 0 Å². The predicted molar refractivity (Wildman–Crippen MR) is 41.2 cm³/mol. The Labute approximate surface area is 72.7 Å². The number of rotatable bonds is 3. The van der Waals surface area contributed by atoms with Gasteiger partial charge >= 0.3 is 5.97 Å². The van der Waals surface area contributed by atoms with Crippen LogP contribution >= 0.6 is 0 Å². The summed E-state index contributed by atoms with van der Waals surface area (Å²) in [5.74, 6) is -1.75. The predicted octanol–water partition coefficient (Wildman–Crippen LogP) is -1.01. The number of aromatic nitrogens is 3. The van der Waals surface area contributed by atoms with E-state index in [1.54, 1.807) is 0 Å². The van der Waals surface area contributed by atoms with Crippen molar-refractivity contribution in [1.29, 1.82) is 0 Å². The molecule has 1 heterocycles. The van der Waals surface area contributed by atoms with E-state index in [1.165, 1.54) is 17.3 Å². The number of amides is 1. The van der Waals surface area contributed by atoms with Crippen molar-refractivity contribution in [3.05, 3.63) is 24.8 Å². The molecule has 0 unspecified atom stereocenters. The molecule has 0 fully saturated rings. The molecule has 0 saturated heterocycles. The van der Waals surface area contributed by atoms with E-state index in [9.17, 15) is 9.59 Å². The highest BCUT2D eigenvalue weighted by Crippen LogP contribution is 1.79. The van der Waals surface area contributed by atoms with Gasteiger partial charge in [0.05, 0.1) is 0 Å².